The van der Waals surface area contributed by atoms with E-state index in [1.165, 1.54) is 6.20 Å². The van der Waals surface area contributed by atoms with Gasteiger partial charge in [-0.2, -0.15) is 5.10 Å². The number of ether oxygens (including phenoxy) is 1. The number of hydrogen-bond acceptors (Lipinski definition) is 3. The summed E-state index contributed by atoms with van der Waals surface area (Å²) in [6, 6.07) is 0. The van der Waals surface area contributed by atoms with E-state index in [1.54, 1.807) is 4.68 Å². The zero-order chi connectivity index (χ0) is 8.55. The lowest BCUT2D eigenvalue weighted by molar-refractivity contribution is 0.107. The van der Waals surface area contributed by atoms with Gasteiger partial charge in [-0.05, 0) is 11.6 Å². The highest BCUT2D eigenvalue weighted by molar-refractivity contribution is 6.68. The number of aromatic nitrogens is 2. The molecular weight excluding hydrogens is 180 g/mol. The van der Waals surface area contributed by atoms with Gasteiger partial charge in [-0.1, -0.05) is 0 Å². The Morgan fingerprint density at radius 3 is 3.33 bits per heavy atom. The fourth-order valence-corrected chi connectivity index (χ4v) is 1.33. The van der Waals surface area contributed by atoms with Crippen LogP contribution in [-0.4, -0.2) is 21.6 Å². The number of fused-ring (bicyclic) bond motifs is 1. The molecule has 0 N–H and O–H groups in total. The monoisotopic (exact) mass is 186 g/mol. The van der Waals surface area contributed by atoms with E-state index in [0.29, 0.717) is 18.1 Å². The molecule has 1 aliphatic rings. The molecule has 1 aromatic heterocycles. The Morgan fingerprint density at radius 2 is 2.58 bits per heavy atom. The molecule has 0 bridgehead atoms. The third-order valence-electron chi connectivity index (χ3n) is 1.76. The topological polar surface area (TPSA) is 44.1 Å². The van der Waals surface area contributed by atoms with Gasteiger partial charge < -0.3 is 4.74 Å². The third-order valence-corrected chi connectivity index (χ3v) is 1.96. The van der Waals surface area contributed by atoms with Gasteiger partial charge in [0.2, 0.25) is 5.88 Å². The molecular formula is C7H7ClN2O2. The highest BCUT2D eigenvalue weighted by atomic mass is 35.5. The summed E-state index contributed by atoms with van der Waals surface area (Å²) in [5, 5.41) is 3.45. The number of halogens is 1. The Kier molecular flexibility index (Phi) is 1.77. The van der Waals surface area contributed by atoms with E-state index in [2.05, 4.69) is 5.10 Å². The molecule has 5 heteroatoms. The fourth-order valence-electron chi connectivity index (χ4n) is 1.20. The van der Waals surface area contributed by atoms with Crippen LogP contribution in [0.3, 0.4) is 0 Å². The second-order valence-electron chi connectivity index (χ2n) is 2.56. The van der Waals surface area contributed by atoms with E-state index in [9.17, 15) is 4.79 Å². The predicted molar refractivity (Wildman–Crippen MR) is 42.5 cm³/mol. The van der Waals surface area contributed by atoms with Crippen LogP contribution in [0, 0.1) is 0 Å². The lowest BCUT2D eigenvalue weighted by Crippen LogP contribution is -2.15. The van der Waals surface area contributed by atoms with Crippen LogP contribution in [-0.2, 0) is 6.54 Å². The molecule has 0 aliphatic carbocycles. The van der Waals surface area contributed by atoms with E-state index < -0.39 is 5.24 Å². The Bertz CT molecular complexity index is 321. The Labute approximate surface area is 74.1 Å². The highest BCUT2D eigenvalue weighted by Gasteiger charge is 2.19. The molecule has 0 saturated heterocycles. The number of hydrogen-bond donors (Lipinski definition) is 0. The lowest BCUT2D eigenvalue weighted by atomic mass is 10.3. The molecule has 0 fully saturated rings. The fraction of sp³-hybridized carbons (Fsp3) is 0.429. The van der Waals surface area contributed by atoms with Crippen molar-refractivity contribution in [3.05, 3.63) is 11.8 Å². The van der Waals surface area contributed by atoms with E-state index in [1.807, 2.05) is 0 Å². The van der Waals surface area contributed by atoms with Gasteiger partial charge in [-0.25, -0.2) is 4.68 Å². The van der Waals surface area contributed by atoms with Gasteiger partial charge in [-0.15, -0.1) is 0 Å². The van der Waals surface area contributed by atoms with Gasteiger partial charge in [-0.3, -0.25) is 4.79 Å². The summed E-state index contributed by atoms with van der Waals surface area (Å²) in [4.78, 5) is 10.8. The molecule has 0 saturated carbocycles. The molecule has 0 spiro atoms. The van der Waals surface area contributed by atoms with Gasteiger partial charge in [0.15, 0.2) is 0 Å². The maximum absolute atomic E-state index is 10.8. The van der Waals surface area contributed by atoms with E-state index >= 15 is 0 Å². The molecule has 0 atom stereocenters. The molecule has 64 valence electrons. The standard InChI is InChI=1S/C7H7ClN2O2/c8-6(11)5-4-9-10-2-1-3-12-7(5)10/h4H,1-3H2. The summed E-state index contributed by atoms with van der Waals surface area (Å²) < 4.78 is 6.90. The second kappa shape index (κ2) is 2.79. The second-order valence-corrected chi connectivity index (χ2v) is 2.91. The molecule has 4 nitrogen and oxygen atoms in total. The van der Waals surface area contributed by atoms with Crippen molar-refractivity contribution >= 4 is 16.8 Å². The van der Waals surface area contributed by atoms with Crippen molar-refractivity contribution in [2.45, 2.75) is 13.0 Å². The minimum atomic E-state index is -0.516. The van der Waals surface area contributed by atoms with E-state index in [0.717, 1.165) is 13.0 Å². The predicted octanol–water partition coefficient (Wildman–Crippen LogP) is 1.04. The number of carbonyl (C=O) groups is 1. The van der Waals surface area contributed by atoms with Crippen molar-refractivity contribution in [2.24, 2.45) is 0 Å². The zero-order valence-electron chi connectivity index (χ0n) is 6.29. The van der Waals surface area contributed by atoms with Gasteiger partial charge in [0.25, 0.3) is 5.24 Å². The number of nitrogens with zero attached hydrogens (tertiary/aromatic N) is 2. The summed E-state index contributed by atoms with van der Waals surface area (Å²) in [5.41, 5.74) is 0.358. The van der Waals surface area contributed by atoms with E-state index in [4.69, 9.17) is 16.3 Å². The van der Waals surface area contributed by atoms with Crippen molar-refractivity contribution in [3.63, 3.8) is 0 Å². The first-order chi connectivity index (χ1) is 5.79. The molecule has 1 aromatic rings. The summed E-state index contributed by atoms with van der Waals surface area (Å²) in [6.45, 7) is 1.42. The van der Waals surface area contributed by atoms with Crippen LogP contribution < -0.4 is 4.74 Å². The summed E-state index contributed by atoms with van der Waals surface area (Å²) >= 11 is 5.31. The van der Waals surface area contributed by atoms with E-state index in [-0.39, 0.29) is 0 Å². The van der Waals surface area contributed by atoms with Crippen molar-refractivity contribution in [1.82, 2.24) is 9.78 Å². The minimum absolute atomic E-state index is 0.358. The Balaban J connectivity index is 2.44. The Morgan fingerprint density at radius 1 is 1.75 bits per heavy atom. The summed E-state index contributed by atoms with van der Waals surface area (Å²) in [6.07, 6.45) is 2.36. The van der Waals surface area contributed by atoms with Crippen LogP contribution in [0.2, 0.25) is 0 Å². The maximum atomic E-state index is 10.8. The zero-order valence-corrected chi connectivity index (χ0v) is 7.04. The molecule has 0 aromatic carbocycles. The molecule has 0 unspecified atom stereocenters. The van der Waals surface area contributed by atoms with Crippen LogP contribution in [0.25, 0.3) is 0 Å². The molecule has 12 heavy (non-hydrogen) atoms. The minimum Gasteiger partial charge on any atom is -0.477 e. The van der Waals surface area contributed by atoms with Gasteiger partial charge in [0.1, 0.15) is 5.56 Å². The molecule has 0 radical (unpaired) electrons. The van der Waals surface area contributed by atoms with Crippen LogP contribution in [0.5, 0.6) is 5.88 Å². The van der Waals surface area contributed by atoms with Crippen LogP contribution in [0.1, 0.15) is 16.8 Å². The molecule has 0 amide bonds. The highest BCUT2D eigenvalue weighted by Crippen LogP contribution is 2.23. The lowest BCUT2D eigenvalue weighted by Gasteiger charge is -2.14. The Hall–Kier alpha value is -1.03. The molecule has 2 heterocycles. The number of carbonyl (C=O) groups excluding carboxylic acids is 1. The van der Waals surface area contributed by atoms with Crippen molar-refractivity contribution in [3.8, 4) is 5.88 Å². The summed E-state index contributed by atoms with van der Waals surface area (Å²) in [5.74, 6) is 0.501. The van der Waals surface area contributed by atoms with Gasteiger partial charge in [0.05, 0.1) is 12.8 Å². The molecule has 2 rings (SSSR count). The van der Waals surface area contributed by atoms with Crippen LogP contribution in [0.4, 0.5) is 0 Å². The van der Waals surface area contributed by atoms with Crippen molar-refractivity contribution < 1.29 is 9.53 Å². The van der Waals surface area contributed by atoms with Gasteiger partial charge >= 0.3 is 0 Å². The maximum Gasteiger partial charge on any atom is 0.259 e. The number of rotatable bonds is 1. The smallest absolute Gasteiger partial charge is 0.259 e. The third kappa shape index (κ3) is 1.08. The number of aryl methyl sites for hydroxylation is 1. The van der Waals surface area contributed by atoms with Crippen molar-refractivity contribution in [1.29, 1.82) is 0 Å². The average molecular weight is 187 g/mol. The van der Waals surface area contributed by atoms with Crippen LogP contribution in [0.15, 0.2) is 6.20 Å². The van der Waals surface area contributed by atoms with Crippen LogP contribution >= 0.6 is 11.6 Å². The quantitative estimate of drug-likeness (QED) is 0.616. The first kappa shape index (κ1) is 7.61. The van der Waals surface area contributed by atoms with Gasteiger partial charge in [0, 0.05) is 13.0 Å². The average Bonchev–Trinajstić information content (AvgIpc) is 2.47. The first-order valence-electron chi connectivity index (χ1n) is 3.67. The summed E-state index contributed by atoms with van der Waals surface area (Å²) in [7, 11) is 0. The SMILES string of the molecule is O=C(Cl)c1cnn2c1OCCC2. The largest absolute Gasteiger partial charge is 0.477 e. The normalized spacial score (nSPS) is 15.1. The first-order valence-corrected chi connectivity index (χ1v) is 4.05. The van der Waals surface area contributed by atoms with Crippen molar-refractivity contribution in [2.75, 3.05) is 6.61 Å². The molecule has 1 aliphatic heterocycles.